The highest BCUT2D eigenvalue weighted by Crippen LogP contribution is 2.67. The first-order valence-corrected chi connectivity index (χ1v) is 7.90. The Hall–Kier alpha value is -1.78. The maximum Gasteiger partial charge on any atom is 0.460 e. The Bertz CT molecular complexity index is 885. The monoisotopic (exact) mass is 630 g/mol. The summed E-state index contributed by atoms with van der Waals surface area (Å²) < 4.78 is 287. The summed E-state index contributed by atoms with van der Waals surface area (Å²) in [6, 6.07) is 0. The van der Waals surface area contributed by atoms with Crippen molar-refractivity contribution in [3.8, 4) is 0 Å². The van der Waals surface area contributed by atoms with E-state index in [9.17, 15) is 101 Å². The molecule has 0 fully saturated rings. The molecule has 37 heavy (non-hydrogen) atoms. The SMILES string of the molecule is O=C(O)C(F)(F)C(F)(Cl)C(F)(F)C(F)(F)C(F)(F)C(F)(F)C(F)(F)C(F)(F)C(F)(F)C(F)(F)C(F)(F)F. The lowest BCUT2D eigenvalue weighted by Gasteiger charge is -2.45. The molecular formula is C12HClF22O2. The van der Waals surface area contributed by atoms with E-state index in [1.54, 1.807) is 0 Å². The van der Waals surface area contributed by atoms with Gasteiger partial charge in [0.25, 0.3) is 0 Å². The van der Waals surface area contributed by atoms with Crippen molar-refractivity contribution < 1.29 is 106 Å². The largest absolute Gasteiger partial charge is 0.477 e. The molecule has 2 nitrogen and oxygen atoms in total. The average Bonchev–Trinajstić information content (AvgIpc) is 2.65. The van der Waals surface area contributed by atoms with Gasteiger partial charge >= 0.3 is 70.6 Å². The Morgan fingerprint density at radius 3 is 0.784 bits per heavy atom. The number of halogens is 23. The highest BCUT2D eigenvalue weighted by molar-refractivity contribution is 6.26. The summed E-state index contributed by atoms with van der Waals surface area (Å²) in [7, 11) is 0. The number of carboxylic acid groups (broad SMARTS) is 1. The molecule has 0 aromatic carbocycles. The first-order chi connectivity index (χ1) is 15.4. The van der Waals surface area contributed by atoms with Crippen LogP contribution in [0.15, 0.2) is 0 Å². The molecule has 0 aromatic rings. The van der Waals surface area contributed by atoms with Gasteiger partial charge in [-0.2, -0.15) is 92.2 Å². The van der Waals surface area contributed by atoms with E-state index in [2.05, 4.69) is 11.6 Å². The normalized spacial score (nSPS) is 18.0. The molecule has 0 aliphatic heterocycles. The third-order valence-electron chi connectivity index (χ3n) is 4.17. The summed E-state index contributed by atoms with van der Waals surface area (Å²) in [5, 5.41) is 0.213. The Morgan fingerprint density at radius 2 is 0.595 bits per heavy atom. The molecule has 0 radical (unpaired) electrons. The van der Waals surface area contributed by atoms with E-state index in [0.29, 0.717) is 0 Å². The average molecular weight is 631 g/mol. The maximum atomic E-state index is 13.5. The van der Waals surface area contributed by atoms with Crippen LogP contribution in [0.25, 0.3) is 0 Å². The molecule has 0 aliphatic rings. The maximum absolute atomic E-state index is 13.5. The fraction of sp³-hybridized carbons (Fsp3) is 0.917. The van der Waals surface area contributed by atoms with Crippen LogP contribution in [-0.2, 0) is 4.79 Å². The Kier molecular flexibility index (Phi) is 7.96. The molecule has 25 heteroatoms. The second-order valence-electron chi connectivity index (χ2n) is 6.55. The van der Waals surface area contributed by atoms with Crippen LogP contribution in [0, 0.1) is 0 Å². The van der Waals surface area contributed by atoms with E-state index < -0.39 is 70.6 Å². The number of carboxylic acids is 1. The second-order valence-corrected chi connectivity index (χ2v) is 7.07. The summed E-state index contributed by atoms with van der Waals surface area (Å²) >= 11 is 3.46. The summed E-state index contributed by atoms with van der Waals surface area (Å²) in [4.78, 5) is 10.0. The fourth-order valence-electron chi connectivity index (χ4n) is 1.89. The first-order valence-electron chi connectivity index (χ1n) is 7.52. The molecular weight excluding hydrogens is 630 g/mol. The molecule has 0 saturated heterocycles. The van der Waals surface area contributed by atoms with E-state index in [1.807, 2.05) is 0 Å². The third-order valence-corrected chi connectivity index (χ3v) is 4.65. The van der Waals surface area contributed by atoms with Gasteiger partial charge in [-0.1, -0.05) is 11.6 Å². The summed E-state index contributed by atoms with van der Waals surface area (Å²) in [5.74, 6) is -84.2. The number of carbonyl (C=O) groups is 1. The first kappa shape index (κ1) is 35.2. The molecule has 0 bridgehead atoms. The van der Waals surface area contributed by atoms with E-state index in [0.717, 1.165) is 0 Å². The van der Waals surface area contributed by atoms with E-state index >= 15 is 0 Å². The van der Waals surface area contributed by atoms with Crippen LogP contribution >= 0.6 is 11.6 Å². The number of aliphatic carboxylic acids is 1. The van der Waals surface area contributed by atoms with Crippen LogP contribution < -0.4 is 0 Å². The zero-order chi connectivity index (χ0) is 31.1. The minimum Gasteiger partial charge on any atom is -0.477 e. The Labute approximate surface area is 190 Å². The molecule has 222 valence electrons. The highest BCUT2D eigenvalue weighted by Gasteiger charge is 2.98. The van der Waals surface area contributed by atoms with Crippen molar-refractivity contribution in [3.05, 3.63) is 0 Å². The van der Waals surface area contributed by atoms with Gasteiger partial charge in [0.05, 0.1) is 0 Å². The minimum atomic E-state index is -9.40. The molecule has 1 unspecified atom stereocenters. The van der Waals surface area contributed by atoms with Crippen LogP contribution in [0.5, 0.6) is 0 Å². The smallest absolute Gasteiger partial charge is 0.460 e. The molecule has 0 amide bonds. The van der Waals surface area contributed by atoms with Crippen molar-refractivity contribution in [2.75, 3.05) is 0 Å². The predicted molar refractivity (Wildman–Crippen MR) is 67.9 cm³/mol. The van der Waals surface area contributed by atoms with Crippen LogP contribution in [0.3, 0.4) is 0 Å². The van der Waals surface area contributed by atoms with Crippen molar-refractivity contribution in [1.29, 1.82) is 0 Å². The third kappa shape index (κ3) is 4.00. The van der Waals surface area contributed by atoms with Crippen molar-refractivity contribution in [2.45, 2.75) is 64.6 Å². The zero-order valence-corrected chi connectivity index (χ0v) is 16.3. The van der Waals surface area contributed by atoms with Gasteiger partial charge in [0.15, 0.2) is 0 Å². The molecule has 0 rings (SSSR count). The summed E-state index contributed by atoms with van der Waals surface area (Å²) in [6.07, 6.45) is -8.10. The van der Waals surface area contributed by atoms with E-state index in [-0.39, 0.29) is 0 Å². The van der Waals surface area contributed by atoms with Crippen molar-refractivity contribution in [1.82, 2.24) is 0 Å². The van der Waals surface area contributed by atoms with Gasteiger partial charge in [0.2, 0.25) is 0 Å². The molecule has 0 spiro atoms. The van der Waals surface area contributed by atoms with E-state index in [4.69, 9.17) is 5.11 Å². The van der Waals surface area contributed by atoms with Crippen LogP contribution in [-0.4, -0.2) is 75.7 Å². The summed E-state index contributed by atoms with van der Waals surface area (Å²) in [5.41, 5.74) is 0. The molecule has 0 aromatic heterocycles. The molecule has 1 atom stereocenters. The van der Waals surface area contributed by atoms with Gasteiger partial charge in [-0.05, 0) is 0 Å². The topological polar surface area (TPSA) is 37.3 Å². The van der Waals surface area contributed by atoms with Crippen LogP contribution in [0.1, 0.15) is 0 Å². The number of rotatable bonds is 10. The van der Waals surface area contributed by atoms with Gasteiger partial charge in [0.1, 0.15) is 0 Å². The van der Waals surface area contributed by atoms with Gasteiger partial charge < -0.3 is 5.11 Å². The quantitative estimate of drug-likeness (QED) is 0.204. The van der Waals surface area contributed by atoms with Crippen LogP contribution in [0.4, 0.5) is 96.6 Å². The van der Waals surface area contributed by atoms with Gasteiger partial charge in [0, 0.05) is 0 Å². The minimum absolute atomic E-state index is 3.46. The number of hydrogen-bond acceptors (Lipinski definition) is 1. The highest BCUT2D eigenvalue weighted by atomic mass is 35.5. The lowest BCUT2D eigenvalue weighted by atomic mass is 9.85. The van der Waals surface area contributed by atoms with Crippen molar-refractivity contribution in [3.63, 3.8) is 0 Å². The standard InChI is InChI=1S/C12HClF22O2/c13-3(16,2(14,15)1(36)37)4(17,18)5(19,20)6(21,22)7(23,24)8(25,26)9(27,28)10(29,30)11(31,32)12(33,34)35/h(H,36,37). The van der Waals surface area contributed by atoms with Crippen molar-refractivity contribution in [2.24, 2.45) is 0 Å². The molecule has 0 aliphatic carbocycles. The van der Waals surface area contributed by atoms with E-state index in [1.165, 1.54) is 0 Å². The van der Waals surface area contributed by atoms with Gasteiger partial charge in [-0.25, -0.2) is 9.18 Å². The second kappa shape index (κ2) is 8.36. The molecule has 0 heterocycles. The van der Waals surface area contributed by atoms with Crippen molar-refractivity contribution >= 4 is 17.6 Å². The lowest BCUT2D eigenvalue weighted by Crippen LogP contribution is -2.77. The lowest BCUT2D eigenvalue weighted by molar-refractivity contribution is -0.471. The fourth-order valence-corrected chi connectivity index (χ4v) is 2.09. The molecule has 1 N–H and O–H groups in total. The number of hydrogen-bond donors (Lipinski definition) is 1. The van der Waals surface area contributed by atoms with Gasteiger partial charge in [-0.15, -0.1) is 0 Å². The Balaban J connectivity index is 7.25. The number of alkyl halides is 23. The Morgan fingerprint density at radius 1 is 0.405 bits per heavy atom. The summed E-state index contributed by atoms with van der Waals surface area (Å²) in [6.45, 7) is 0. The van der Waals surface area contributed by atoms with Gasteiger partial charge in [-0.3, -0.25) is 0 Å². The zero-order valence-electron chi connectivity index (χ0n) is 15.5. The predicted octanol–water partition coefficient (Wildman–Crippen LogP) is 7.26. The molecule has 0 saturated carbocycles. The van der Waals surface area contributed by atoms with Crippen LogP contribution in [0.2, 0.25) is 0 Å².